The van der Waals surface area contributed by atoms with E-state index in [9.17, 15) is 0 Å². The van der Waals surface area contributed by atoms with Gasteiger partial charge in [0, 0.05) is 6.42 Å². The van der Waals surface area contributed by atoms with Gasteiger partial charge in [0.15, 0.2) is 0 Å². The Kier molecular flexibility index (Phi) is 4.86. The van der Waals surface area contributed by atoms with Gasteiger partial charge in [0.2, 0.25) is 0 Å². The average molecular weight is 272 g/mol. The maximum Gasteiger partial charge on any atom is 0.0722 e. The molecule has 1 aliphatic rings. The third-order valence-corrected chi connectivity index (χ3v) is 1.90. The van der Waals surface area contributed by atoms with Gasteiger partial charge in [-0.05, 0) is 40.8 Å². The van der Waals surface area contributed by atoms with Crippen LogP contribution >= 0.6 is 22.6 Å². The summed E-state index contributed by atoms with van der Waals surface area (Å²) in [7, 11) is 0. The van der Waals surface area contributed by atoms with Gasteiger partial charge in [0.25, 0.3) is 0 Å². The summed E-state index contributed by atoms with van der Waals surface area (Å²) >= 11 is 2.21. The zero-order valence-electron chi connectivity index (χ0n) is 6.64. The quantitative estimate of drug-likeness (QED) is 0.374. The predicted molar refractivity (Wildman–Crippen MR) is 58.0 cm³/mol. The summed E-state index contributed by atoms with van der Waals surface area (Å²) in [6.45, 7) is 1.33. The standard InChI is InChI=1S/C10H9IO/c11-10-6-3-1-2-4-8-12-9-5-7-10/h3,5-6H,4,8-9H2/b6-3-. The molecular weight excluding hydrogens is 263 g/mol. The summed E-state index contributed by atoms with van der Waals surface area (Å²) in [5, 5.41) is 0. The Labute approximate surface area is 86.3 Å². The minimum atomic E-state index is 0.627. The van der Waals surface area contributed by atoms with Crippen molar-refractivity contribution >= 4 is 22.6 Å². The van der Waals surface area contributed by atoms with Crippen molar-refractivity contribution in [2.24, 2.45) is 0 Å². The topological polar surface area (TPSA) is 9.23 Å². The lowest BCUT2D eigenvalue weighted by atomic mass is 10.4. The van der Waals surface area contributed by atoms with E-state index < -0.39 is 0 Å². The second-order valence-corrected chi connectivity index (χ2v) is 3.34. The van der Waals surface area contributed by atoms with Crippen LogP contribution in [0.2, 0.25) is 0 Å². The van der Waals surface area contributed by atoms with Crippen LogP contribution in [-0.4, -0.2) is 13.2 Å². The van der Waals surface area contributed by atoms with Gasteiger partial charge in [-0.25, -0.2) is 0 Å². The molecule has 0 radical (unpaired) electrons. The molecule has 1 aliphatic heterocycles. The number of hydrogen-bond acceptors (Lipinski definition) is 1. The Morgan fingerprint density at radius 1 is 1.50 bits per heavy atom. The zero-order chi connectivity index (χ0) is 8.65. The number of halogens is 1. The molecule has 0 fully saturated rings. The van der Waals surface area contributed by atoms with E-state index in [0.717, 1.165) is 10.0 Å². The molecule has 0 spiro atoms. The van der Waals surface area contributed by atoms with Crippen molar-refractivity contribution in [1.82, 2.24) is 0 Å². The highest BCUT2D eigenvalue weighted by molar-refractivity contribution is 14.1. The Balaban J connectivity index is 2.70. The van der Waals surface area contributed by atoms with Crippen LogP contribution in [0.15, 0.2) is 27.5 Å². The van der Waals surface area contributed by atoms with E-state index in [-0.39, 0.29) is 0 Å². The molecule has 62 valence electrons. The lowest BCUT2D eigenvalue weighted by molar-refractivity contribution is 0.169. The minimum absolute atomic E-state index is 0.627. The molecule has 0 bridgehead atoms. The van der Waals surface area contributed by atoms with Gasteiger partial charge in [0.1, 0.15) is 0 Å². The third kappa shape index (κ3) is 4.40. The highest BCUT2D eigenvalue weighted by Gasteiger charge is 1.83. The van der Waals surface area contributed by atoms with Gasteiger partial charge in [-0.2, -0.15) is 0 Å². The van der Waals surface area contributed by atoms with Crippen LogP contribution in [0.1, 0.15) is 6.42 Å². The second kappa shape index (κ2) is 6.07. The smallest absolute Gasteiger partial charge is 0.0722 e. The first-order valence-corrected chi connectivity index (χ1v) is 4.81. The number of allylic oxidation sites excluding steroid dienone is 2. The summed E-state index contributed by atoms with van der Waals surface area (Å²) in [5.41, 5.74) is 3.08. The molecule has 0 aromatic rings. The largest absolute Gasteiger partial charge is 0.376 e. The molecule has 1 heterocycles. The van der Waals surface area contributed by atoms with E-state index in [0.29, 0.717) is 13.2 Å². The molecule has 1 nitrogen and oxygen atoms in total. The van der Waals surface area contributed by atoms with Crippen molar-refractivity contribution < 1.29 is 4.74 Å². The van der Waals surface area contributed by atoms with Crippen molar-refractivity contribution in [3.63, 3.8) is 0 Å². The lowest BCUT2D eigenvalue weighted by Gasteiger charge is -1.93. The fourth-order valence-corrected chi connectivity index (χ4v) is 1.10. The van der Waals surface area contributed by atoms with Crippen LogP contribution in [0.3, 0.4) is 0 Å². The molecule has 0 amide bonds. The number of ether oxygens (including phenoxy) is 1. The van der Waals surface area contributed by atoms with Gasteiger partial charge in [-0.15, -0.1) is 5.73 Å². The van der Waals surface area contributed by atoms with Crippen molar-refractivity contribution in [2.75, 3.05) is 13.2 Å². The third-order valence-electron chi connectivity index (χ3n) is 1.23. The molecule has 2 heteroatoms. The van der Waals surface area contributed by atoms with Gasteiger partial charge < -0.3 is 4.74 Å². The molecule has 0 aromatic carbocycles. The highest BCUT2D eigenvalue weighted by atomic mass is 127. The normalized spacial score (nSPS) is 19.9. The Morgan fingerprint density at radius 2 is 2.42 bits per heavy atom. The summed E-state index contributed by atoms with van der Waals surface area (Å²) < 4.78 is 6.30. The fourth-order valence-electron chi connectivity index (χ4n) is 0.699. The molecule has 1 rings (SSSR count). The molecular formula is C10H9IO. The fraction of sp³-hybridized carbons (Fsp3) is 0.300. The van der Waals surface area contributed by atoms with Crippen LogP contribution < -0.4 is 0 Å². The molecule has 0 saturated heterocycles. The first-order chi connectivity index (χ1) is 5.89. The van der Waals surface area contributed by atoms with Gasteiger partial charge in [-0.1, -0.05) is 11.8 Å². The highest BCUT2D eigenvalue weighted by Crippen LogP contribution is 2.04. The summed E-state index contributed by atoms with van der Waals surface area (Å²) in [4.78, 5) is 0. The SMILES string of the molecule is IC1=C=CCOCCC#C/C=C\1. The van der Waals surface area contributed by atoms with Crippen LogP contribution in [0.5, 0.6) is 0 Å². The molecule has 0 saturated carbocycles. The van der Waals surface area contributed by atoms with Crippen molar-refractivity contribution in [3.05, 3.63) is 27.5 Å². The maximum atomic E-state index is 5.25. The zero-order valence-corrected chi connectivity index (χ0v) is 8.80. The minimum Gasteiger partial charge on any atom is -0.376 e. The van der Waals surface area contributed by atoms with E-state index >= 15 is 0 Å². The van der Waals surface area contributed by atoms with Gasteiger partial charge >= 0.3 is 0 Å². The van der Waals surface area contributed by atoms with Crippen molar-refractivity contribution in [2.45, 2.75) is 6.42 Å². The lowest BCUT2D eigenvalue weighted by Crippen LogP contribution is -1.91. The van der Waals surface area contributed by atoms with Gasteiger partial charge in [0.05, 0.1) is 16.8 Å². The van der Waals surface area contributed by atoms with E-state index in [1.807, 2.05) is 18.2 Å². The van der Waals surface area contributed by atoms with Crippen LogP contribution in [-0.2, 0) is 4.74 Å². The van der Waals surface area contributed by atoms with Crippen LogP contribution in [0.25, 0.3) is 0 Å². The Hall–Kier alpha value is -0.490. The van der Waals surface area contributed by atoms with Crippen LogP contribution in [0, 0.1) is 11.8 Å². The van der Waals surface area contributed by atoms with E-state index in [1.165, 1.54) is 0 Å². The van der Waals surface area contributed by atoms with E-state index in [2.05, 4.69) is 40.2 Å². The molecule has 0 atom stereocenters. The van der Waals surface area contributed by atoms with E-state index in [4.69, 9.17) is 4.74 Å². The number of hydrogen-bond donors (Lipinski definition) is 0. The average Bonchev–Trinajstić information content (AvgIpc) is 2.11. The van der Waals surface area contributed by atoms with E-state index in [1.54, 1.807) is 0 Å². The second-order valence-electron chi connectivity index (χ2n) is 2.18. The molecule has 0 aliphatic carbocycles. The summed E-state index contributed by atoms with van der Waals surface area (Å²) in [6.07, 6.45) is 6.47. The van der Waals surface area contributed by atoms with Gasteiger partial charge in [-0.3, -0.25) is 0 Å². The summed E-state index contributed by atoms with van der Waals surface area (Å²) in [6, 6.07) is 0. The maximum absolute atomic E-state index is 5.25. The molecule has 0 aromatic heterocycles. The number of rotatable bonds is 0. The van der Waals surface area contributed by atoms with Crippen molar-refractivity contribution in [1.29, 1.82) is 0 Å². The van der Waals surface area contributed by atoms with Crippen molar-refractivity contribution in [3.8, 4) is 11.8 Å². The first kappa shape index (κ1) is 9.60. The Morgan fingerprint density at radius 3 is 3.33 bits per heavy atom. The Bertz CT molecular complexity index is 285. The van der Waals surface area contributed by atoms with Crippen LogP contribution in [0.4, 0.5) is 0 Å². The molecule has 0 N–H and O–H groups in total. The predicted octanol–water partition coefficient (Wildman–Crippen LogP) is 2.44. The molecule has 12 heavy (non-hydrogen) atoms. The summed E-state index contributed by atoms with van der Waals surface area (Å²) in [5.74, 6) is 5.91. The molecule has 0 unspecified atom stereocenters. The monoisotopic (exact) mass is 272 g/mol. The first-order valence-electron chi connectivity index (χ1n) is 3.73.